The quantitative estimate of drug-likeness (QED) is 0.0269. The van der Waals surface area contributed by atoms with E-state index in [9.17, 15) is 19.2 Å². The molecule has 0 rings (SSSR count). The van der Waals surface area contributed by atoms with Gasteiger partial charge in [0, 0.05) is 12.8 Å². The third kappa shape index (κ3) is 34.3. The normalized spacial score (nSPS) is 11.1. The molecule has 0 radical (unpaired) electrons. The van der Waals surface area contributed by atoms with E-state index in [1.54, 1.807) is 0 Å². The Labute approximate surface area is 306 Å². The fourth-order valence-corrected chi connectivity index (χ4v) is 5.73. The number of carbonyl (C=O) groups excluding carboxylic acids is 4. The molecule has 0 aliphatic rings. The van der Waals surface area contributed by atoms with Crippen molar-refractivity contribution in [3.8, 4) is 0 Å². The van der Waals surface area contributed by atoms with E-state index in [-0.39, 0.29) is 44.7 Å². The molecule has 0 aliphatic heterocycles. The Morgan fingerprint density at radius 3 is 1.18 bits per heavy atom. The fourth-order valence-electron chi connectivity index (χ4n) is 5.73. The van der Waals surface area contributed by atoms with Gasteiger partial charge in [-0.25, -0.2) is 4.79 Å². The van der Waals surface area contributed by atoms with Crippen molar-refractivity contribution in [3.63, 3.8) is 0 Å². The summed E-state index contributed by atoms with van der Waals surface area (Å²) >= 11 is 0. The standard InChI is InChI=1S/C40H76N2O8/c1-5-7-9-11-13-15-17-19-21-23-25-28-38(44)47-34-32-42(37(43)36-49-50-40(46)30-27-31-41(3)4)33-35-48-39(45)29-26-24-22-20-18-16-14-12-10-8-6-2/h5-36H2,1-4H3. The molecule has 0 aromatic rings. The Kier molecular flexibility index (Phi) is 35.0. The van der Waals surface area contributed by atoms with Crippen molar-refractivity contribution in [2.75, 3.05) is 53.6 Å². The first-order valence-electron chi connectivity index (χ1n) is 20.4. The Balaban J connectivity index is 4.36. The third-order valence-electron chi connectivity index (χ3n) is 8.89. The Morgan fingerprint density at radius 1 is 0.440 bits per heavy atom. The zero-order valence-corrected chi connectivity index (χ0v) is 32.8. The van der Waals surface area contributed by atoms with Crippen LogP contribution in [0, 0.1) is 0 Å². The highest BCUT2D eigenvalue weighted by Crippen LogP contribution is 2.13. The van der Waals surface area contributed by atoms with Gasteiger partial charge >= 0.3 is 17.9 Å². The molecule has 50 heavy (non-hydrogen) atoms. The van der Waals surface area contributed by atoms with Gasteiger partial charge < -0.3 is 19.3 Å². The lowest BCUT2D eigenvalue weighted by atomic mass is 10.1. The van der Waals surface area contributed by atoms with Gasteiger partial charge in [0.2, 0.25) is 0 Å². The van der Waals surface area contributed by atoms with Crippen LogP contribution in [-0.4, -0.2) is 87.2 Å². The molecule has 0 bridgehead atoms. The molecule has 0 atom stereocenters. The van der Waals surface area contributed by atoms with Crippen LogP contribution in [0.1, 0.15) is 181 Å². The van der Waals surface area contributed by atoms with Gasteiger partial charge in [0.25, 0.3) is 5.91 Å². The number of amides is 1. The number of carbonyl (C=O) groups is 4. The van der Waals surface area contributed by atoms with Crippen LogP contribution in [0.3, 0.4) is 0 Å². The van der Waals surface area contributed by atoms with E-state index in [4.69, 9.17) is 19.2 Å². The zero-order chi connectivity index (χ0) is 36.9. The number of hydrogen-bond acceptors (Lipinski definition) is 9. The van der Waals surface area contributed by atoms with Crippen LogP contribution in [0.25, 0.3) is 0 Å². The molecule has 294 valence electrons. The van der Waals surface area contributed by atoms with Crippen LogP contribution in [0.15, 0.2) is 0 Å². The average molecular weight is 713 g/mol. The second-order valence-electron chi connectivity index (χ2n) is 14.0. The molecule has 0 saturated carbocycles. The molecule has 0 N–H and O–H groups in total. The smallest absolute Gasteiger partial charge is 0.342 e. The molecule has 0 aliphatic carbocycles. The summed E-state index contributed by atoms with van der Waals surface area (Å²) in [6.07, 6.45) is 28.1. The molecule has 0 unspecified atom stereocenters. The molecule has 0 saturated heterocycles. The maximum absolute atomic E-state index is 12.9. The predicted molar refractivity (Wildman–Crippen MR) is 200 cm³/mol. The molecule has 1 amide bonds. The minimum Gasteiger partial charge on any atom is -0.464 e. The lowest BCUT2D eigenvalue weighted by Crippen LogP contribution is -2.39. The molecule has 0 spiro atoms. The van der Waals surface area contributed by atoms with E-state index in [0.29, 0.717) is 19.3 Å². The van der Waals surface area contributed by atoms with Gasteiger partial charge in [-0.05, 0) is 39.9 Å². The third-order valence-corrected chi connectivity index (χ3v) is 8.89. The topological polar surface area (TPSA) is 112 Å². The Bertz CT molecular complexity index is 779. The molecule has 0 aromatic heterocycles. The van der Waals surface area contributed by atoms with Gasteiger partial charge in [-0.1, -0.05) is 142 Å². The first kappa shape index (κ1) is 47.8. The summed E-state index contributed by atoms with van der Waals surface area (Å²) in [7, 11) is 3.84. The molecule has 10 nitrogen and oxygen atoms in total. The zero-order valence-electron chi connectivity index (χ0n) is 32.8. The second kappa shape index (κ2) is 36.6. The number of unbranched alkanes of at least 4 members (excludes halogenated alkanes) is 20. The van der Waals surface area contributed by atoms with Crippen LogP contribution in [-0.2, 0) is 38.4 Å². The van der Waals surface area contributed by atoms with Crippen LogP contribution < -0.4 is 0 Å². The second-order valence-corrected chi connectivity index (χ2v) is 14.0. The van der Waals surface area contributed by atoms with E-state index in [2.05, 4.69) is 13.8 Å². The summed E-state index contributed by atoms with van der Waals surface area (Å²) in [5.74, 6) is -1.56. The van der Waals surface area contributed by atoms with Crippen LogP contribution in [0.2, 0.25) is 0 Å². The highest BCUT2D eigenvalue weighted by atomic mass is 17.2. The summed E-state index contributed by atoms with van der Waals surface area (Å²) in [6, 6.07) is 0. The number of hydrogen-bond donors (Lipinski definition) is 0. The average Bonchev–Trinajstić information content (AvgIpc) is 3.08. The fraction of sp³-hybridized carbons (Fsp3) is 0.900. The minimum absolute atomic E-state index is 0.0274. The summed E-state index contributed by atoms with van der Waals surface area (Å²) in [6.45, 7) is 5.04. The van der Waals surface area contributed by atoms with E-state index in [1.165, 1.54) is 108 Å². The number of esters is 2. The Hall–Kier alpha value is -2.20. The van der Waals surface area contributed by atoms with Crippen LogP contribution >= 0.6 is 0 Å². The van der Waals surface area contributed by atoms with Gasteiger partial charge in [-0.2, -0.15) is 4.89 Å². The van der Waals surface area contributed by atoms with Crippen LogP contribution in [0.5, 0.6) is 0 Å². The molecule has 0 fully saturated rings. The van der Waals surface area contributed by atoms with Gasteiger partial charge in [-0.3, -0.25) is 19.3 Å². The number of ether oxygens (including phenoxy) is 2. The Morgan fingerprint density at radius 2 is 0.800 bits per heavy atom. The molecular formula is C40H76N2O8. The molecular weight excluding hydrogens is 636 g/mol. The largest absolute Gasteiger partial charge is 0.464 e. The van der Waals surface area contributed by atoms with E-state index in [0.717, 1.165) is 45.1 Å². The molecule has 0 heterocycles. The molecule has 0 aromatic carbocycles. The van der Waals surface area contributed by atoms with Crippen molar-refractivity contribution in [3.05, 3.63) is 0 Å². The maximum Gasteiger partial charge on any atom is 0.342 e. The first-order valence-corrected chi connectivity index (χ1v) is 20.4. The summed E-state index contributed by atoms with van der Waals surface area (Å²) in [5.41, 5.74) is 0. The SMILES string of the molecule is CCCCCCCCCCCCCC(=O)OCCN(CCOC(=O)CCCCCCCCCCCCC)C(=O)COOC(=O)CCCN(C)C. The van der Waals surface area contributed by atoms with Gasteiger partial charge in [-0.15, -0.1) is 0 Å². The summed E-state index contributed by atoms with van der Waals surface area (Å²) < 4.78 is 10.8. The number of rotatable bonds is 37. The lowest BCUT2D eigenvalue weighted by molar-refractivity contribution is -0.270. The van der Waals surface area contributed by atoms with Crippen molar-refractivity contribution >= 4 is 23.8 Å². The predicted octanol–water partition coefficient (Wildman–Crippen LogP) is 9.12. The van der Waals surface area contributed by atoms with Crippen LogP contribution in [0.4, 0.5) is 0 Å². The lowest BCUT2D eigenvalue weighted by Gasteiger charge is -2.22. The molecule has 10 heteroatoms. The van der Waals surface area contributed by atoms with Crippen molar-refractivity contribution in [2.24, 2.45) is 0 Å². The van der Waals surface area contributed by atoms with E-state index < -0.39 is 18.5 Å². The van der Waals surface area contributed by atoms with Crippen molar-refractivity contribution in [1.82, 2.24) is 9.80 Å². The van der Waals surface area contributed by atoms with E-state index in [1.807, 2.05) is 19.0 Å². The van der Waals surface area contributed by atoms with Crippen molar-refractivity contribution in [2.45, 2.75) is 181 Å². The minimum atomic E-state index is -0.543. The highest BCUT2D eigenvalue weighted by molar-refractivity contribution is 5.77. The maximum atomic E-state index is 12.9. The van der Waals surface area contributed by atoms with Crippen molar-refractivity contribution in [1.29, 1.82) is 0 Å². The monoisotopic (exact) mass is 713 g/mol. The first-order chi connectivity index (χ1) is 24.3. The van der Waals surface area contributed by atoms with Crippen molar-refractivity contribution < 1.29 is 38.4 Å². The summed E-state index contributed by atoms with van der Waals surface area (Å²) in [4.78, 5) is 62.4. The number of nitrogens with zero attached hydrogens (tertiary/aromatic N) is 2. The summed E-state index contributed by atoms with van der Waals surface area (Å²) in [5, 5.41) is 0. The van der Waals surface area contributed by atoms with Gasteiger partial charge in [0.1, 0.15) is 13.2 Å². The van der Waals surface area contributed by atoms with Gasteiger partial charge in [0.15, 0.2) is 6.61 Å². The van der Waals surface area contributed by atoms with Gasteiger partial charge in [0.05, 0.1) is 19.5 Å². The highest BCUT2D eigenvalue weighted by Gasteiger charge is 2.17. The van der Waals surface area contributed by atoms with E-state index >= 15 is 0 Å².